The van der Waals surface area contributed by atoms with Crippen LogP contribution in [0.5, 0.6) is 5.75 Å². The molecule has 1 unspecified atom stereocenters. The Hall–Kier alpha value is -1.55. The number of carbonyl (C=O) groups is 1. The monoisotopic (exact) mass is 357 g/mol. The Kier molecular flexibility index (Phi) is 5.21. The van der Waals surface area contributed by atoms with E-state index in [1.807, 2.05) is 17.0 Å². The van der Waals surface area contributed by atoms with Crippen LogP contribution in [0, 0.1) is 0 Å². The van der Waals surface area contributed by atoms with Crippen LogP contribution in [0.4, 0.5) is 0 Å². The van der Waals surface area contributed by atoms with Crippen molar-refractivity contribution in [3.63, 3.8) is 0 Å². The minimum atomic E-state index is -0.112. The second-order valence-electron chi connectivity index (χ2n) is 8.48. The van der Waals surface area contributed by atoms with Crippen LogP contribution < -0.4 is 4.74 Å². The van der Waals surface area contributed by atoms with Gasteiger partial charge in [0.25, 0.3) is 5.91 Å². The highest BCUT2D eigenvalue weighted by Crippen LogP contribution is 2.40. The molecule has 4 rings (SSSR count). The summed E-state index contributed by atoms with van der Waals surface area (Å²) in [6, 6.07) is 6.01. The number of benzene rings is 1. The van der Waals surface area contributed by atoms with Gasteiger partial charge in [0.2, 0.25) is 0 Å². The number of nitrogens with zero attached hydrogens (tertiary/aromatic N) is 1. The number of amides is 1. The van der Waals surface area contributed by atoms with E-state index in [0.29, 0.717) is 19.3 Å². The summed E-state index contributed by atoms with van der Waals surface area (Å²) >= 11 is 0. The molecule has 1 atom stereocenters. The molecule has 2 aliphatic heterocycles. The first-order chi connectivity index (χ1) is 12.7. The molecule has 26 heavy (non-hydrogen) atoms. The number of piperidine rings is 1. The highest BCUT2D eigenvalue weighted by atomic mass is 16.5. The Morgan fingerprint density at radius 2 is 1.88 bits per heavy atom. The Morgan fingerprint density at radius 1 is 1.15 bits per heavy atom. The van der Waals surface area contributed by atoms with Crippen LogP contribution in [0.1, 0.15) is 74.2 Å². The summed E-state index contributed by atoms with van der Waals surface area (Å²) in [5.41, 5.74) is 1.83. The summed E-state index contributed by atoms with van der Waals surface area (Å²) in [5, 5.41) is 0. The highest BCUT2D eigenvalue weighted by molar-refractivity contribution is 5.95. The summed E-state index contributed by atoms with van der Waals surface area (Å²) in [6.07, 6.45) is 10.2. The molecule has 2 fully saturated rings. The van der Waals surface area contributed by atoms with Gasteiger partial charge >= 0.3 is 0 Å². The number of carbonyl (C=O) groups excluding carboxylic acids is 1. The van der Waals surface area contributed by atoms with Gasteiger partial charge in [0.15, 0.2) is 0 Å². The Balaban J connectivity index is 1.44. The van der Waals surface area contributed by atoms with Crippen molar-refractivity contribution in [3.05, 3.63) is 29.3 Å². The molecule has 4 nitrogen and oxygen atoms in total. The van der Waals surface area contributed by atoms with Gasteiger partial charge in [0.1, 0.15) is 5.75 Å². The van der Waals surface area contributed by atoms with Crippen LogP contribution in [-0.2, 0) is 10.2 Å². The smallest absolute Gasteiger partial charge is 0.253 e. The standard InChI is InChI=1S/C22H31NO3/c1-22(15-25-18-8-4-2-5-9-18)16-26-20-14-17(10-11-19(20)22)21(24)23-12-6-3-7-13-23/h10-11,14,18H,2-9,12-13,15-16H2,1H3. The molecule has 0 bridgehead atoms. The average molecular weight is 357 g/mol. The molecule has 1 saturated heterocycles. The fourth-order valence-corrected chi connectivity index (χ4v) is 4.52. The topological polar surface area (TPSA) is 38.8 Å². The van der Waals surface area contributed by atoms with E-state index < -0.39 is 0 Å². The first-order valence-electron chi connectivity index (χ1n) is 10.3. The molecule has 142 valence electrons. The van der Waals surface area contributed by atoms with E-state index >= 15 is 0 Å². The molecule has 0 radical (unpaired) electrons. The third-order valence-corrected chi connectivity index (χ3v) is 6.26. The van der Waals surface area contributed by atoms with Gasteiger partial charge in [-0.3, -0.25) is 4.79 Å². The molecule has 1 saturated carbocycles. The molecule has 1 amide bonds. The van der Waals surface area contributed by atoms with Crippen molar-refractivity contribution in [3.8, 4) is 5.75 Å². The van der Waals surface area contributed by atoms with Gasteiger partial charge in [-0.2, -0.15) is 0 Å². The summed E-state index contributed by atoms with van der Waals surface area (Å²) in [4.78, 5) is 14.7. The molecule has 1 aliphatic carbocycles. The maximum absolute atomic E-state index is 12.7. The normalized spacial score (nSPS) is 26.4. The lowest BCUT2D eigenvalue weighted by Gasteiger charge is -2.28. The van der Waals surface area contributed by atoms with Gasteiger partial charge in [-0.05, 0) is 51.2 Å². The summed E-state index contributed by atoms with van der Waals surface area (Å²) in [6.45, 7) is 5.31. The van der Waals surface area contributed by atoms with Crippen molar-refractivity contribution in [1.82, 2.24) is 4.90 Å². The average Bonchev–Trinajstić information content (AvgIpc) is 3.04. The first kappa shape index (κ1) is 17.8. The van der Waals surface area contributed by atoms with E-state index in [4.69, 9.17) is 9.47 Å². The Morgan fingerprint density at radius 3 is 2.65 bits per heavy atom. The van der Waals surface area contributed by atoms with Crippen LogP contribution in [0.3, 0.4) is 0 Å². The van der Waals surface area contributed by atoms with E-state index in [0.717, 1.165) is 37.2 Å². The van der Waals surface area contributed by atoms with E-state index in [1.165, 1.54) is 44.1 Å². The molecular weight excluding hydrogens is 326 g/mol. The number of likely N-dealkylation sites (tertiary alicyclic amines) is 1. The molecule has 2 heterocycles. The zero-order chi connectivity index (χ0) is 18.0. The van der Waals surface area contributed by atoms with Gasteiger partial charge in [-0.15, -0.1) is 0 Å². The molecular formula is C22H31NO3. The predicted molar refractivity (Wildman–Crippen MR) is 102 cm³/mol. The number of hydrogen-bond donors (Lipinski definition) is 0. The van der Waals surface area contributed by atoms with Gasteiger partial charge < -0.3 is 14.4 Å². The van der Waals surface area contributed by atoms with Crippen LogP contribution in [-0.4, -0.2) is 43.2 Å². The van der Waals surface area contributed by atoms with Crippen molar-refractivity contribution in [2.75, 3.05) is 26.3 Å². The third-order valence-electron chi connectivity index (χ3n) is 6.26. The van der Waals surface area contributed by atoms with Crippen LogP contribution in [0.15, 0.2) is 18.2 Å². The molecule has 0 aromatic heterocycles. The lowest BCUT2D eigenvalue weighted by atomic mass is 9.84. The Labute approximate surface area is 156 Å². The quantitative estimate of drug-likeness (QED) is 0.806. The van der Waals surface area contributed by atoms with Crippen molar-refractivity contribution in [1.29, 1.82) is 0 Å². The predicted octanol–water partition coefficient (Wildman–Crippen LogP) is 4.31. The lowest BCUT2D eigenvalue weighted by molar-refractivity contribution is -0.00238. The molecule has 1 aromatic carbocycles. The van der Waals surface area contributed by atoms with Gasteiger partial charge in [0, 0.05) is 24.2 Å². The third kappa shape index (κ3) is 3.62. The summed E-state index contributed by atoms with van der Waals surface area (Å²) in [5.74, 6) is 1.01. The molecule has 0 N–H and O–H groups in total. The maximum atomic E-state index is 12.7. The minimum absolute atomic E-state index is 0.112. The molecule has 4 heteroatoms. The SMILES string of the molecule is CC1(COC2CCCCC2)COc2cc(C(=O)N3CCCCC3)ccc21. The fraction of sp³-hybridized carbons (Fsp3) is 0.682. The zero-order valence-electron chi connectivity index (χ0n) is 16.0. The number of rotatable bonds is 4. The number of hydrogen-bond acceptors (Lipinski definition) is 3. The second kappa shape index (κ2) is 7.59. The van der Waals surface area contributed by atoms with E-state index in [9.17, 15) is 4.79 Å². The van der Waals surface area contributed by atoms with Crippen molar-refractivity contribution >= 4 is 5.91 Å². The van der Waals surface area contributed by atoms with E-state index in [1.54, 1.807) is 0 Å². The van der Waals surface area contributed by atoms with Crippen molar-refractivity contribution < 1.29 is 14.3 Å². The number of ether oxygens (including phenoxy) is 2. The summed E-state index contributed by atoms with van der Waals surface area (Å²) in [7, 11) is 0. The Bertz CT molecular complexity index is 647. The molecule has 0 spiro atoms. The second-order valence-corrected chi connectivity index (χ2v) is 8.48. The first-order valence-corrected chi connectivity index (χ1v) is 10.3. The van der Waals surface area contributed by atoms with Gasteiger partial charge in [-0.25, -0.2) is 0 Å². The zero-order valence-corrected chi connectivity index (χ0v) is 16.0. The van der Waals surface area contributed by atoms with E-state index in [2.05, 4.69) is 13.0 Å². The van der Waals surface area contributed by atoms with Crippen molar-refractivity contribution in [2.45, 2.75) is 69.8 Å². The minimum Gasteiger partial charge on any atom is -0.492 e. The summed E-state index contributed by atoms with van der Waals surface area (Å²) < 4.78 is 12.2. The number of fused-ring (bicyclic) bond motifs is 1. The van der Waals surface area contributed by atoms with Gasteiger partial charge in [-0.1, -0.05) is 25.3 Å². The fourth-order valence-electron chi connectivity index (χ4n) is 4.52. The van der Waals surface area contributed by atoms with Crippen LogP contribution >= 0.6 is 0 Å². The lowest BCUT2D eigenvalue weighted by Crippen LogP contribution is -2.35. The van der Waals surface area contributed by atoms with Gasteiger partial charge in [0.05, 0.1) is 24.7 Å². The maximum Gasteiger partial charge on any atom is 0.253 e. The largest absolute Gasteiger partial charge is 0.492 e. The van der Waals surface area contributed by atoms with E-state index in [-0.39, 0.29) is 11.3 Å². The van der Waals surface area contributed by atoms with Crippen LogP contribution in [0.2, 0.25) is 0 Å². The van der Waals surface area contributed by atoms with Crippen molar-refractivity contribution in [2.24, 2.45) is 0 Å². The van der Waals surface area contributed by atoms with Crippen LogP contribution in [0.25, 0.3) is 0 Å². The molecule has 3 aliphatic rings. The highest BCUT2D eigenvalue weighted by Gasteiger charge is 2.38. The molecule has 1 aromatic rings.